The fourth-order valence-electron chi connectivity index (χ4n) is 2.91. The van der Waals surface area contributed by atoms with E-state index >= 15 is 0 Å². The third kappa shape index (κ3) is 6.28. The molecule has 0 radical (unpaired) electrons. The lowest BCUT2D eigenvalue weighted by Gasteiger charge is -2.17. The van der Waals surface area contributed by atoms with Crippen LogP contribution in [0.1, 0.15) is 26.3 Å². The maximum atomic E-state index is 12.4. The monoisotopic (exact) mass is 434 g/mol. The van der Waals surface area contributed by atoms with Gasteiger partial charge in [-0.3, -0.25) is 9.59 Å². The van der Waals surface area contributed by atoms with Crippen molar-refractivity contribution in [3.05, 3.63) is 101 Å². The predicted octanol–water partition coefficient (Wildman–Crippen LogP) is 4.92. The summed E-state index contributed by atoms with van der Waals surface area (Å²) >= 11 is 5.84. The molecule has 2 N–H and O–H groups in total. The van der Waals surface area contributed by atoms with E-state index in [-0.39, 0.29) is 18.3 Å². The van der Waals surface area contributed by atoms with Gasteiger partial charge in [-0.15, -0.1) is 0 Å². The smallest absolute Gasteiger partial charge is 0.255 e. The first-order chi connectivity index (χ1) is 15.0. The molecule has 0 saturated carbocycles. The van der Waals surface area contributed by atoms with Crippen molar-refractivity contribution in [2.75, 3.05) is 30.4 Å². The van der Waals surface area contributed by atoms with Crippen LogP contribution in [-0.4, -0.2) is 37.0 Å². The highest BCUT2D eigenvalue weighted by Crippen LogP contribution is 2.16. The molecule has 0 saturated heterocycles. The van der Waals surface area contributed by atoms with Crippen LogP contribution in [0.2, 0.25) is 5.02 Å². The number of ketones is 1. The van der Waals surface area contributed by atoms with E-state index in [0.717, 1.165) is 11.3 Å². The summed E-state index contributed by atoms with van der Waals surface area (Å²) in [6.07, 6.45) is 3.28. The number of hydrogen-bond acceptors (Lipinski definition) is 4. The summed E-state index contributed by atoms with van der Waals surface area (Å²) in [7, 11) is 1.91. The largest absolute Gasteiger partial charge is 0.395 e. The molecule has 0 aliphatic carbocycles. The average Bonchev–Trinajstić information content (AvgIpc) is 2.79. The first-order valence-electron chi connectivity index (χ1n) is 9.78. The molecule has 3 aromatic carbocycles. The molecule has 0 unspecified atom stereocenters. The third-order valence-corrected chi connectivity index (χ3v) is 4.98. The van der Waals surface area contributed by atoms with Crippen molar-refractivity contribution in [1.82, 2.24) is 0 Å². The number of allylic oxidation sites excluding steroid dienone is 1. The molecule has 6 heteroatoms. The second kappa shape index (κ2) is 10.6. The normalized spacial score (nSPS) is 10.8. The van der Waals surface area contributed by atoms with Crippen LogP contribution in [0.15, 0.2) is 78.9 Å². The molecule has 3 aromatic rings. The number of halogens is 1. The van der Waals surface area contributed by atoms with Gasteiger partial charge in [-0.2, -0.15) is 0 Å². The number of aliphatic hydroxyl groups excluding tert-OH is 1. The van der Waals surface area contributed by atoms with Crippen LogP contribution in [0, 0.1) is 0 Å². The lowest BCUT2D eigenvalue weighted by Crippen LogP contribution is -2.20. The number of anilines is 2. The minimum atomic E-state index is -0.247. The minimum absolute atomic E-state index is 0.0935. The lowest BCUT2D eigenvalue weighted by atomic mass is 10.1. The van der Waals surface area contributed by atoms with Crippen LogP contribution in [0.25, 0.3) is 6.08 Å². The number of carbonyl (C=O) groups is 2. The van der Waals surface area contributed by atoms with Gasteiger partial charge >= 0.3 is 0 Å². The number of nitrogens with zero attached hydrogens (tertiary/aromatic N) is 1. The molecular formula is C25H23ClN2O3. The Morgan fingerprint density at radius 3 is 2.16 bits per heavy atom. The fraction of sp³-hybridized carbons (Fsp3) is 0.120. The first-order valence-corrected chi connectivity index (χ1v) is 10.2. The van der Waals surface area contributed by atoms with Crippen molar-refractivity contribution in [1.29, 1.82) is 0 Å². The number of benzene rings is 3. The van der Waals surface area contributed by atoms with E-state index in [1.807, 2.05) is 36.2 Å². The van der Waals surface area contributed by atoms with Crippen LogP contribution in [0.3, 0.4) is 0 Å². The highest BCUT2D eigenvalue weighted by atomic mass is 35.5. The summed E-state index contributed by atoms with van der Waals surface area (Å²) in [5.74, 6) is -0.374. The molecule has 0 aliphatic heterocycles. The second-order valence-electron chi connectivity index (χ2n) is 6.97. The van der Waals surface area contributed by atoms with Gasteiger partial charge in [0, 0.05) is 41.1 Å². The molecule has 0 aliphatic rings. The molecule has 1 amide bonds. The van der Waals surface area contributed by atoms with Gasteiger partial charge < -0.3 is 15.3 Å². The topological polar surface area (TPSA) is 69.6 Å². The van der Waals surface area contributed by atoms with E-state index in [9.17, 15) is 9.59 Å². The number of amides is 1. The Labute approximate surface area is 186 Å². The summed E-state index contributed by atoms with van der Waals surface area (Å²) in [5, 5.41) is 12.4. The molecule has 0 atom stereocenters. The summed E-state index contributed by atoms with van der Waals surface area (Å²) < 4.78 is 0. The van der Waals surface area contributed by atoms with Gasteiger partial charge in [0.15, 0.2) is 5.78 Å². The van der Waals surface area contributed by atoms with Crippen molar-refractivity contribution < 1.29 is 14.7 Å². The Morgan fingerprint density at radius 2 is 1.55 bits per heavy atom. The Kier molecular flexibility index (Phi) is 7.60. The van der Waals surface area contributed by atoms with Gasteiger partial charge in [0.05, 0.1) is 6.61 Å². The molecular weight excluding hydrogens is 412 g/mol. The molecule has 5 nitrogen and oxygen atoms in total. The highest BCUT2D eigenvalue weighted by molar-refractivity contribution is 6.30. The number of carbonyl (C=O) groups excluding carboxylic acids is 2. The van der Waals surface area contributed by atoms with E-state index in [0.29, 0.717) is 28.4 Å². The molecule has 3 rings (SSSR count). The Morgan fingerprint density at radius 1 is 0.935 bits per heavy atom. The molecule has 0 heterocycles. The van der Waals surface area contributed by atoms with Gasteiger partial charge in [-0.05, 0) is 72.3 Å². The van der Waals surface area contributed by atoms with Crippen molar-refractivity contribution in [2.45, 2.75) is 0 Å². The van der Waals surface area contributed by atoms with Gasteiger partial charge in [0.1, 0.15) is 0 Å². The Bertz CT molecular complexity index is 1060. The minimum Gasteiger partial charge on any atom is -0.395 e. The van der Waals surface area contributed by atoms with Crippen molar-refractivity contribution in [3.8, 4) is 0 Å². The van der Waals surface area contributed by atoms with Crippen molar-refractivity contribution in [2.24, 2.45) is 0 Å². The van der Waals surface area contributed by atoms with Crippen molar-refractivity contribution >= 4 is 40.7 Å². The van der Waals surface area contributed by atoms with Crippen LogP contribution in [0.5, 0.6) is 0 Å². The summed E-state index contributed by atoms with van der Waals surface area (Å²) in [6.45, 7) is 0.653. The number of likely N-dealkylation sites (N-methyl/N-ethyl adjacent to an activating group) is 1. The maximum absolute atomic E-state index is 12.4. The number of nitrogens with one attached hydrogen (secondary N) is 1. The van der Waals surface area contributed by atoms with E-state index in [1.165, 1.54) is 6.08 Å². The molecule has 0 aromatic heterocycles. The van der Waals surface area contributed by atoms with Crippen LogP contribution < -0.4 is 10.2 Å². The van der Waals surface area contributed by atoms with E-state index in [2.05, 4.69) is 5.32 Å². The zero-order valence-electron chi connectivity index (χ0n) is 17.1. The number of hydrogen-bond donors (Lipinski definition) is 2. The molecule has 31 heavy (non-hydrogen) atoms. The second-order valence-corrected chi connectivity index (χ2v) is 7.41. The predicted molar refractivity (Wildman–Crippen MR) is 126 cm³/mol. The van der Waals surface area contributed by atoms with Crippen LogP contribution in [-0.2, 0) is 0 Å². The molecule has 0 spiro atoms. The summed E-state index contributed by atoms with van der Waals surface area (Å²) in [6, 6.07) is 21.1. The zero-order chi connectivity index (χ0) is 22.2. The first kappa shape index (κ1) is 22.3. The SMILES string of the molecule is CN(CCO)c1ccc(/C=C/C(=O)c2ccc(NC(=O)c3ccc(Cl)cc3)cc2)cc1. The van der Waals surface area contributed by atoms with E-state index < -0.39 is 0 Å². The molecule has 158 valence electrons. The average molecular weight is 435 g/mol. The van der Waals surface area contributed by atoms with E-state index in [4.69, 9.17) is 16.7 Å². The third-order valence-electron chi connectivity index (χ3n) is 4.73. The zero-order valence-corrected chi connectivity index (χ0v) is 17.8. The van der Waals surface area contributed by atoms with Crippen LogP contribution >= 0.6 is 11.6 Å². The standard InChI is InChI=1S/C25H23ClN2O3/c1-28(16-17-29)23-13-2-18(3-14-23)4-15-24(30)19-7-11-22(12-8-19)27-25(31)20-5-9-21(26)10-6-20/h2-15,29H,16-17H2,1H3,(H,27,31)/b15-4+. The van der Waals surface area contributed by atoms with Gasteiger partial charge in [0.25, 0.3) is 5.91 Å². The fourth-order valence-corrected chi connectivity index (χ4v) is 3.04. The summed E-state index contributed by atoms with van der Waals surface area (Å²) in [5.41, 5.74) is 3.53. The highest BCUT2D eigenvalue weighted by Gasteiger charge is 2.07. The molecule has 0 fully saturated rings. The van der Waals surface area contributed by atoms with Gasteiger partial charge in [0.2, 0.25) is 0 Å². The van der Waals surface area contributed by atoms with Crippen LogP contribution in [0.4, 0.5) is 11.4 Å². The maximum Gasteiger partial charge on any atom is 0.255 e. The van der Waals surface area contributed by atoms with Crippen molar-refractivity contribution in [3.63, 3.8) is 0 Å². The van der Waals surface area contributed by atoms with Gasteiger partial charge in [-0.25, -0.2) is 0 Å². The molecule has 0 bridgehead atoms. The Hall–Kier alpha value is -3.41. The van der Waals surface area contributed by atoms with Gasteiger partial charge in [-0.1, -0.05) is 29.8 Å². The number of aliphatic hydroxyl groups is 1. The quantitative estimate of drug-likeness (QED) is 0.390. The van der Waals surface area contributed by atoms with E-state index in [1.54, 1.807) is 54.6 Å². The summed E-state index contributed by atoms with van der Waals surface area (Å²) in [4.78, 5) is 26.7. The lowest BCUT2D eigenvalue weighted by molar-refractivity contribution is 0.102. The Balaban J connectivity index is 1.59. The number of rotatable bonds is 8.